The van der Waals surface area contributed by atoms with Gasteiger partial charge in [0.1, 0.15) is 11.5 Å². The van der Waals surface area contributed by atoms with Crippen molar-refractivity contribution in [3.63, 3.8) is 0 Å². The molecule has 0 aliphatic heterocycles. The lowest BCUT2D eigenvalue weighted by Gasteiger charge is -2.26. The highest BCUT2D eigenvalue weighted by Crippen LogP contribution is 2.30. The Kier molecular flexibility index (Phi) is 8.62. The molecular formula is C29H35NO6. The van der Waals surface area contributed by atoms with Gasteiger partial charge in [0.2, 0.25) is 0 Å². The van der Waals surface area contributed by atoms with Crippen LogP contribution in [0.25, 0.3) is 0 Å². The number of carboxylic acids is 1. The summed E-state index contributed by atoms with van der Waals surface area (Å²) in [5, 5.41) is 12.0. The number of carbonyl (C=O) groups excluding carboxylic acids is 2. The first-order valence-corrected chi connectivity index (χ1v) is 12.9. The maximum absolute atomic E-state index is 12.5. The molecule has 7 heteroatoms. The van der Waals surface area contributed by atoms with Crippen molar-refractivity contribution in [1.82, 2.24) is 5.32 Å². The van der Waals surface area contributed by atoms with Crippen molar-refractivity contribution in [3.8, 4) is 11.5 Å². The zero-order valence-corrected chi connectivity index (χ0v) is 20.8. The highest BCUT2D eigenvalue weighted by Gasteiger charge is 2.27. The number of nitrogens with one attached hydrogen (secondary N) is 1. The summed E-state index contributed by atoms with van der Waals surface area (Å²) < 4.78 is 11.8. The maximum Gasteiger partial charge on any atom is 0.306 e. The van der Waals surface area contributed by atoms with Gasteiger partial charge in [-0.2, -0.15) is 0 Å². The number of hydrogen-bond acceptors (Lipinski definition) is 5. The molecule has 192 valence electrons. The highest BCUT2D eigenvalue weighted by molar-refractivity contribution is 5.96. The minimum Gasteiger partial charge on any atom is -0.493 e. The number of ether oxygens (including phenoxy) is 2. The number of aliphatic carboxylic acids is 1. The second-order valence-electron chi connectivity index (χ2n) is 9.97. The minimum absolute atomic E-state index is 0.0148. The molecule has 7 nitrogen and oxygen atoms in total. The molecule has 0 saturated heterocycles. The van der Waals surface area contributed by atoms with Gasteiger partial charge in [0.15, 0.2) is 5.78 Å². The molecule has 2 fully saturated rings. The van der Waals surface area contributed by atoms with Crippen LogP contribution in [0, 0.1) is 18.8 Å². The van der Waals surface area contributed by atoms with E-state index in [-0.39, 0.29) is 23.7 Å². The van der Waals surface area contributed by atoms with Gasteiger partial charge in [0.25, 0.3) is 5.91 Å². The van der Waals surface area contributed by atoms with Crippen molar-refractivity contribution in [2.24, 2.45) is 11.8 Å². The monoisotopic (exact) mass is 493 g/mol. The van der Waals surface area contributed by atoms with Crippen LogP contribution in [-0.2, 0) is 4.79 Å². The van der Waals surface area contributed by atoms with Crippen LogP contribution in [0.1, 0.15) is 77.6 Å². The molecular weight excluding hydrogens is 458 g/mol. The van der Waals surface area contributed by atoms with Crippen molar-refractivity contribution in [2.75, 3.05) is 13.2 Å². The van der Waals surface area contributed by atoms with Gasteiger partial charge >= 0.3 is 5.97 Å². The van der Waals surface area contributed by atoms with E-state index in [0.717, 1.165) is 30.8 Å². The fourth-order valence-electron chi connectivity index (χ4n) is 4.48. The Labute approximate surface area is 212 Å². The highest BCUT2D eigenvalue weighted by atomic mass is 16.5. The van der Waals surface area contributed by atoms with Crippen molar-refractivity contribution >= 4 is 17.7 Å². The fourth-order valence-corrected chi connectivity index (χ4v) is 4.48. The molecule has 0 spiro atoms. The molecule has 0 bridgehead atoms. The first kappa shape index (κ1) is 25.7. The third-order valence-corrected chi connectivity index (χ3v) is 6.98. The van der Waals surface area contributed by atoms with E-state index in [2.05, 4.69) is 5.32 Å². The molecule has 2 aliphatic carbocycles. The summed E-state index contributed by atoms with van der Waals surface area (Å²) in [7, 11) is 0. The number of benzene rings is 2. The second kappa shape index (κ2) is 12.1. The predicted molar refractivity (Wildman–Crippen MR) is 136 cm³/mol. The summed E-state index contributed by atoms with van der Waals surface area (Å²) in [4.78, 5) is 36.1. The van der Waals surface area contributed by atoms with Gasteiger partial charge in [0.05, 0.1) is 18.6 Å². The van der Waals surface area contributed by atoms with E-state index < -0.39 is 5.97 Å². The normalized spacial score (nSPS) is 19.4. The smallest absolute Gasteiger partial charge is 0.306 e. The summed E-state index contributed by atoms with van der Waals surface area (Å²) in [6.07, 6.45) is 6.09. The van der Waals surface area contributed by atoms with Gasteiger partial charge in [-0.25, -0.2) is 0 Å². The van der Waals surface area contributed by atoms with Crippen molar-refractivity contribution in [3.05, 3.63) is 59.2 Å². The van der Waals surface area contributed by atoms with Crippen molar-refractivity contribution in [2.45, 2.75) is 64.4 Å². The molecule has 2 N–H and O–H groups in total. The zero-order chi connectivity index (χ0) is 25.5. The molecule has 36 heavy (non-hydrogen) atoms. The van der Waals surface area contributed by atoms with E-state index in [1.54, 1.807) is 30.3 Å². The fraction of sp³-hybridized carbons (Fsp3) is 0.483. The molecule has 0 heterocycles. The number of hydrogen-bond donors (Lipinski definition) is 2. The lowest BCUT2D eigenvalue weighted by Crippen LogP contribution is -2.27. The maximum atomic E-state index is 12.5. The molecule has 2 saturated carbocycles. The van der Waals surface area contributed by atoms with E-state index >= 15 is 0 Å². The molecule has 0 radical (unpaired) electrons. The quantitative estimate of drug-likeness (QED) is 0.311. The van der Waals surface area contributed by atoms with Gasteiger partial charge in [0, 0.05) is 24.1 Å². The van der Waals surface area contributed by atoms with Crippen LogP contribution in [0.2, 0.25) is 0 Å². The van der Waals surface area contributed by atoms with Crippen LogP contribution in [0.15, 0.2) is 42.5 Å². The van der Waals surface area contributed by atoms with Crippen LogP contribution in [-0.4, -0.2) is 42.0 Å². The summed E-state index contributed by atoms with van der Waals surface area (Å²) in [5.41, 5.74) is 2.14. The predicted octanol–water partition coefficient (Wildman–Crippen LogP) is 5.20. The molecule has 0 aromatic heterocycles. The Bertz CT molecular complexity index is 1070. The number of ketones is 1. The summed E-state index contributed by atoms with van der Waals surface area (Å²) in [6, 6.07) is 12.6. The molecule has 0 atom stereocenters. The molecule has 2 aromatic rings. The average Bonchev–Trinajstić information content (AvgIpc) is 3.71. The number of carbonyl (C=O) groups is 3. The van der Waals surface area contributed by atoms with Crippen LogP contribution >= 0.6 is 0 Å². The minimum atomic E-state index is -0.728. The van der Waals surface area contributed by atoms with Gasteiger partial charge in [-0.05, 0) is 106 Å². The number of Topliss-reactive ketones (excluding diaryl/α,β-unsaturated/α-hetero) is 1. The summed E-state index contributed by atoms with van der Waals surface area (Å²) in [5.74, 6) is 1.06. The second-order valence-corrected chi connectivity index (χ2v) is 9.97. The van der Waals surface area contributed by atoms with E-state index in [1.165, 1.54) is 12.8 Å². The molecule has 4 rings (SSSR count). The molecule has 2 aliphatic rings. The average molecular weight is 494 g/mol. The lowest BCUT2D eigenvalue weighted by molar-refractivity contribution is -0.143. The Hall–Kier alpha value is -3.35. The third-order valence-electron chi connectivity index (χ3n) is 6.98. The molecule has 0 unspecified atom stereocenters. The standard InChI is InChI=1S/C29H35NO6/c1-19-17-23(10-15-27(19)35-18-20-4-5-20)28(32)30-16-2-3-26(31)21-6-11-24(12-7-21)36-25-13-8-22(9-14-25)29(33)34/h6-7,10-12,15,17,20,22,25H,2-5,8-9,13-14,16,18H2,1H3,(H,30,32)(H,33,34). The Morgan fingerprint density at radius 2 is 1.64 bits per heavy atom. The lowest BCUT2D eigenvalue weighted by atomic mass is 9.87. The third kappa shape index (κ3) is 7.33. The van der Waals surface area contributed by atoms with Gasteiger partial charge in [-0.1, -0.05) is 0 Å². The van der Waals surface area contributed by atoms with Gasteiger partial charge in [-0.15, -0.1) is 0 Å². The molecule has 2 aromatic carbocycles. The van der Waals surface area contributed by atoms with E-state index in [0.29, 0.717) is 55.0 Å². The number of rotatable bonds is 12. The van der Waals surface area contributed by atoms with Gasteiger partial charge in [-0.3, -0.25) is 14.4 Å². The SMILES string of the molecule is Cc1cc(C(=O)NCCCC(=O)c2ccc(OC3CCC(C(=O)O)CC3)cc2)ccc1OCC1CC1. The van der Waals surface area contributed by atoms with E-state index in [4.69, 9.17) is 14.6 Å². The topological polar surface area (TPSA) is 102 Å². The Morgan fingerprint density at radius 3 is 2.28 bits per heavy atom. The van der Waals surface area contributed by atoms with E-state index in [1.807, 2.05) is 19.1 Å². The van der Waals surface area contributed by atoms with Gasteiger partial charge < -0.3 is 19.9 Å². The van der Waals surface area contributed by atoms with Crippen LogP contribution in [0.5, 0.6) is 11.5 Å². The molecule has 1 amide bonds. The Morgan fingerprint density at radius 1 is 0.944 bits per heavy atom. The van der Waals surface area contributed by atoms with Crippen molar-refractivity contribution in [1.29, 1.82) is 0 Å². The Balaban J connectivity index is 1.16. The van der Waals surface area contributed by atoms with Crippen LogP contribution in [0.3, 0.4) is 0 Å². The number of aryl methyl sites for hydroxylation is 1. The van der Waals surface area contributed by atoms with Crippen LogP contribution < -0.4 is 14.8 Å². The first-order chi connectivity index (χ1) is 17.4. The van der Waals surface area contributed by atoms with Crippen molar-refractivity contribution < 1.29 is 29.0 Å². The number of amides is 1. The summed E-state index contributed by atoms with van der Waals surface area (Å²) in [6.45, 7) is 3.10. The van der Waals surface area contributed by atoms with Crippen LogP contribution in [0.4, 0.5) is 0 Å². The largest absolute Gasteiger partial charge is 0.493 e. The number of carboxylic acid groups (broad SMARTS) is 1. The zero-order valence-electron chi connectivity index (χ0n) is 20.8. The van der Waals surface area contributed by atoms with E-state index in [9.17, 15) is 14.4 Å². The summed E-state index contributed by atoms with van der Waals surface area (Å²) >= 11 is 0. The first-order valence-electron chi connectivity index (χ1n) is 12.9.